The number of hydrogen-bond donors (Lipinski definition) is 1. The number of carboxylic acid groups (broad SMARTS) is 1. The van der Waals surface area contributed by atoms with Crippen LogP contribution in [0.4, 0.5) is 0 Å². The van der Waals surface area contributed by atoms with Gasteiger partial charge in [-0.25, -0.2) is 4.79 Å². The van der Waals surface area contributed by atoms with Crippen LogP contribution in [0.15, 0.2) is 36.4 Å². The van der Waals surface area contributed by atoms with Crippen LogP contribution in [0.1, 0.15) is 32.6 Å². The molecule has 3 heteroatoms. The fraction of sp³-hybridized carbons (Fsp3) is 0.235. The molecule has 0 unspecified atom stereocenters. The molecule has 2 aromatic carbocycles. The van der Waals surface area contributed by atoms with Crippen LogP contribution in [-0.4, -0.2) is 11.1 Å². The molecule has 0 aliphatic rings. The molecule has 0 heterocycles. The van der Waals surface area contributed by atoms with Gasteiger partial charge in [0.2, 0.25) is 0 Å². The van der Waals surface area contributed by atoms with E-state index in [0.29, 0.717) is 23.5 Å². The van der Waals surface area contributed by atoms with Crippen LogP contribution in [0, 0.1) is 20.8 Å². The number of carbonyl (C=O) groups is 1. The van der Waals surface area contributed by atoms with Crippen molar-refractivity contribution in [3.63, 3.8) is 0 Å². The first-order valence-corrected chi connectivity index (χ1v) is 6.49. The van der Waals surface area contributed by atoms with Crippen molar-refractivity contribution in [2.75, 3.05) is 0 Å². The smallest absolute Gasteiger partial charge is 0.335 e. The lowest BCUT2D eigenvalue weighted by molar-refractivity contribution is 0.0696. The second-order valence-electron chi connectivity index (χ2n) is 5.07. The van der Waals surface area contributed by atoms with Crippen molar-refractivity contribution in [2.45, 2.75) is 27.4 Å². The maximum absolute atomic E-state index is 10.9. The van der Waals surface area contributed by atoms with Gasteiger partial charge in [-0.1, -0.05) is 29.3 Å². The summed E-state index contributed by atoms with van der Waals surface area (Å²) in [6, 6.07) is 11.3. The molecule has 0 saturated carbocycles. The first-order valence-electron chi connectivity index (χ1n) is 6.49. The van der Waals surface area contributed by atoms with Crippen molar-refractivity contribution in [1.29, 1.82) is 0 Å². The molecule has 0 atom stereocenters. The summed E-state index contributed by atoms with van der Waals surface area (Å²) in [5.74, 6) is -0.227. The van der Waals surface area contributed by atoms with Gasteiger partial charge in [0.05, 0.1) is 5.56 Å². The summed E-state index contributed by atoms with van der Waals surface area (Å²) >= 11 is 0. The van der Waals surface area contributed by atoms with Crippen molar-refractivity contribution in [1.82, 2.24) is 0 Å². The van der Waals surface area contributed by atoms with Gasteiger partial charge < -0.3 is 9.84 Å². The summed E-state index contributed by atoms with van der Waals surface area (Å²) < 4.78 is 5.72. The number of ether oxygens (including phenoxy) is 1. The van der Waals surface area contributed by atoms with E-state index in [1.165, 1.54) is 11.1 Å². The van der Waals surface area contributed by atoms with E-state index in [2.05, 4.69) is 32.0 Å². The maximum Gasteiger partial charge on any atom is 0.335 e. The first-order chi connectivity index (χ1) is 9.45. The predicted octanol–water partition coefficient (Wildman–Crippen LogP) is 3.89. The zero-order chi connectivity index (χ0) is 14.7. The van der Waals surface area contributed by atoms with Crippen LogP contribution in [0.2, 0.25) is 0 Å². The predicted molar refractivity (Wildman–Crippen MR) is 78.4 cm³/mol. The highest BCUT2D eigenvalue weighted by Gasteiger charge is 2.07. The van der Waals surface area contributed by atoms with Gasteiger partial charge in [0.15, 0.2) is 0 Å². The summed E-state index contributed by atoms with van der Waals surface area (Å²) in [5.41, 5.74) is 4.55. The van der Waals surface area contributed by atoms with Crippen LogP contribution in [0.25, 0.3) is 0 Å². The maximum atomic E-state index is 10.9. The molecule has 0 aliphatic heterocycles. The van der Waals surface area contributed by atoms with Crippen LogP contribution in [0.3, 0.4) is 0 Å². The fourth-order valence-electron chi connectivity index (χ4n) is 2.28. The molecule has 0 spiro atoms. The fourth-order valence-corrected chi connectivity index (χ4v) is 2.28. The van der Waals surface area contributed by atoms with Crippen molar-refractivity contribution in [2.24, 2.45) is 0 Å². The van der Waals surface area contributed by atoms with Gasteiger partial charge in [0, 0.05) is 0 Å². The average Bonchev–Trinajstić information content (AvgIpc) is 2.35. The van der Waals surface area contributed by atoms with Gasteiger partial charge in [-0.05, 0) is 50.1 Å². The van der Waals surface area contributed by atoms with E-state index in [4.69, 9.17) is 9.84 Å². The number of aromatic carboxylic acids is 1. The molecule has 20 heavy (non-hydrogen) atoms. The van der Waals surface area contributed by atoms with Gasteiger partial charge in [-0.3, -0.25) is 0 Å². The minimum Gasteiger partial charge on any atom is -0.489 e. The Morgan fingerprint density at radius 2 is 1.70 bits per heavy atom. The van der Waals surface area contributed by atoms with Crippen molar-refractivity contribution < 1.29 is 14.6 Å². The van der Waals surface area contributed by atoms with Gasteiger partial charge in [-0.15, -0.1) is 0 Å². The van der Waals surface area contributed by atoms with E-state index in [9.17, 15) is 4.79 Å². The molecule has 0 aromatic heterocycles. The second-order valence-corrected chi connectivity index (χ2v) is 5.07. The molecular weight excluding hydrogens is 252 g/mol. The van der Waals surface area contributed by atoms with E-state index in [1.54, 1.807) is 25.1 Å². The summed E-state index contributed by atoms with van der Waals surface area (Å²) in [4.78, 5) is 10.9. The Kier molecular flexibility index (Phi) is 4.08. The number of rotatable bonds is 4. The minimum absolute atomic E-state index is 0.309. The monoisotopic (exact) mass is 270 g/mol. The topological polar surface area (TPSA) is 46.5 Å². The van der Waals surface area contributed by atoms with E-state index >= 15 is 0 Å². The van der Waals surface area contributed by atoms with E-state index in [1.807, 2.05) is 0 Å². The average molecular weight is 270 g/mol. The third-order valence-corrected chi connectivity index (χ3v) is 3.12. The zero-order valence-electron chi connectivity index (χ0n) is 11.9. The number of carboxylic acids is 1. The molecule has 0 amide bonds. The Labute approximate surface area is 118 Å². The molecule has 3 nitrogen and oxygen atoms in total. The van der Waals surface area contributed by atoms with Gasteiger partial charge in [-0.2, -0.15) is 0 Å². The third kappa shape index (κ3) is 3.38. The summed E-state index contributed by atoms with van der Waals surface area (Å²) in [6.45, 7) is 6.37. The third-order valence-electron chi connectivity index (χ3n) is 3.12. The summed E-state index contributed by atoms with van der Waals surface area (Å²) in [6.07, 6.45) is 0. The molecule has 0 radical (unpaired) electrons. The Hall–Kier alpha value is -2.29. The molecule has 1 N–H and O–H groups in total. The van der Waals surface area contributed by atoms with Crippen molar-refractivity contribution in [3.8, 4) is 5.75 Å². The zero-order valence-corrected chi connectivity index (χ0v) is 11.9. The van der Waals surface area contributed by atoms with Gasteiger partial charge >= 0.3 is 5.97 Å². The van der Waals surface area contributed by atoms with E-state index in [0.717, 1.165) is 5.56 Å². The number of aryl methyl sites for hydroxylation is 3. The molecule has 104 valence electrons. The Bertz CT molecular complexity index is 624. The second kappa shape index (κ2) is 5.78. The standard InChI is InChI=1S/C17H18O3/c1-11-6-12(2)8-14(7-11)10-20-15-4-5-16(17(18)19)13(3)9-15/h4-9H,10H2,1-3H3,(H,18,19). The van der Waals surface area contributed by atoms with Crippen LogP contribution < -0.4 is 4.74 Å². The lowest BCUT2D eigenvalue weighted by atomic mass is 10.1. The Morgan fingerprint density at radius 3 is 2.25 bits per heavy atom. The normalized spacial score (nSPS) is 10.3. The molecule has 0 saturated heterocycles. The molecular formula is C17H18O3. The lowest BCUT2D eigenvalue weighted by Gasteiger charge is -2.10. The first kappa shape index (κ1) is 14.1. The largest absolute Gasteiger partial charge is 0.489 e. The Balaban J connectivity index is 2.11. The lowest BCUT2D eigenvalue weighted by Crippen LogP contribution is -2.01. The highest BCUT2D eigenvalue weighted by Crippen LogP contribution is 2.19. The van der Waals surface area contributed by atoms with Crippen molar-refractivity contribution >= 4 is 5.97 Å². The number of hydrogen-bond acceptors (Lipinski definition) is 2. The van der Waals surface area contributed by atoms with E-state index < -0.39 is 5.97 Å². The molecule has 0 fully saturated rings. The van der Waals surface area contributed by atoms with Gasteiger partial charge in [0.25, 0.3) is 0 Å². The Morgan fingerprint density at radius 1 is 1.05 bits per heavy atom. The summed E-state index contributed by atoms with van der Waals surface area (Å²) in [5, 5.41) is 8.98. The molecule has 0 aliphatic carbocycles. The molecule has 2 rings (SSSR count). The van der Waals surface area contributed by atoms with Crippen LogP contribution in [0.5, 0.6) is 5.75 Å². The number of benzene rings is 2. The van der Waals surface area contributed by atoms with Crippen LogP contribution in [-0.2, 0) is 6.61 Å². The van der Waals surface area contributed by atoms with Crippen molar-refractivity contribution in [3.05, 3.63) is 64.2 Å². The quantitative estimate of drug-likeness (QED) is 0.916. The van der Waals surface area contributed by atoms with Crippen LogP contribution >= 0.6 is 0 Å². The van der Waals surface area contributed by atoms with E-state index in [-0.39, 0.29) is 0 Å². The highest BCUT2D eigenvalue weighted by atomic mass is 16.5. The highest BCUT2D eigenvalue weighted by molar-refractivity contribution is 5.89. The SMILES string of the molecule is Cc1cc(C)cc(COc2ccc(C(=O)O)c(C)c2)c1. The molecule has 2 aromatic rings. The van der Waals surface area contributed by atoms with Gasteiger partial charge in [0.1, 0.15) is 12.4 Å². The minimum atomic E-state index is -0.914. The summed E-state index contributed by atoms with van der Waals surface area (Å²) in [7, 11) is 0. The molecule has 0 bridgehead atoms.